The minimum absolute atomic E-state index is 0.127. The molecule has 1 aliphatic heterocycles. The number of nitrogens with two attached hydrogens (primary N) is 1. The van der Waals surface area contributed by atoms with E-state index in [9.17, 15) is 9.59 Å². The second-order valence-electron chi connectivity index (χ2n) is 5.96. The summed E-state index contributed by atoms with van der Waals surface area (Å²) in [4.78, 5) is 29.5. The van der Waals surface area contributed by atoms with Crippen molar-refractivity contribution in [1.82, 2.24) is 4.98 Å². The fourth-order valence-electron chi connectivity index (χ4n) is 2.98. The average molecular weight is 356 g/mol. The van der Waals surface area contributed by atoms with Crippen molar-refractivity contribution < 1.29 is 14.0 Å². The predicted molar refractivity (Wildman–Crippen MR) is 94.1 cm³/mol. The van der Waals surface area contributed by atoms with Crippen LogP contribution in [0.5, 0.6) is 0 Å². The zero-order valence-electron chi connectivity index (χ0n) is 13.1. The van der Waals surface area contributed by atoms with Gasteiger partial charge in [0.2, 0.25) is 17.7 Å². The fraction of sp³-hybridized carbons (Fsp3) is 0.167. The Hall–Kier alpha value is -2.86. The van der Waals surface area contributed by atoms with Gasteiger partial charge in [-0.1, -0.05) is 23.7 Å². The molecule has 7 heteroatoms. The van der Waals surface area contributed by atoms with Crippen LogP contribution in [-0.4, -0.2) is 23.3 Å². The summed E-state index contributed by atoms with van der Waals surface area (Å²) in [6.45, 7) is 0.287. The van der Waals surface area contributed by atoms with Gasteiger partial charge in [-0.25, -0.2) is 4.98 Å². The zero-order valence-corrected chi connectivity index (χ0v) is 13.9. The van der Waals surface area contributed by atoms with Crippen LogP contribution in [0.25, 0.3) is 22.6 Å². The van der Waals surface area contributed by atoms with Crippen LogP contribution in [-0.2, 0) is 9.59 Å². The standard InChI is InChI=1S/C18H14ClN3O3/c19-13-4-2-1-3-12(13)18-21-14-8-11(5-6-15(14)25-18)22-9-10(17(20)24)7-16(22)23/h1-6,8,10H,7,9H2,(H2,20,24)/t10-/m0/s1. The number of aromatic nitrogens is 1. The summed E-state index contributed by atoms with van der Waals surface area (Å²) in [6.07, 6.45) is 0.136. The van der Waals surface area contributed by atoms with Crippen molar-refractivity contribution in [3.8, 4) is 11.5 Å². The van der Waals surface area contributed by atoms with Gasteiger partial charge in [-0.3, -0.25) is 9.59 Å². The second-order valence-corrected chi connectivity index (χ2v) is 6.37. The van der Waals surface area contributed by atoms with Crippen molar-refractivity contribution in [2.45, 2.75) is 6.42 Å². The first kappa shape index (κ1) is 15.7. The van der Waals surface area contributed by atoms with Gasteiger partial charge in [-0.05, 0) is 30.3 Å². The van der Waals surface area contributed by atoms with Gasteiger partial charge in [0.05, 0.1) is 16.5 Å². The highest BCUT2D eigenvalue weighted by Gasteiger charge is 2.34. The minimum atomic E-state index is -0.459. The first-order chi connectivity index (χ1) is 12.0. The number of carbonyl (C=O) groups is 2. The number of benzene rings is 2. The number of oxazole rings is 1. The molecule has 1 saturated heterocycles. The molecule has 0 saturated carbocycles. The lowest BCUT2D eigenvalue weighted by Crippen LogP contribution is -2.28. The number of fused-ring (bicyclic) bond motifs is 1. The molecule has 3 aromatic rings. The van der Waals surface area contributed by atoms with Crippen LogP contribution in [0.3, 0.4) is 0 Å². The van der Waals surface area contributed by atoms with E-state index in [-0.39, 0.29) is 18.9 Å². The highest BCUT2D eigenvalue weighted by atomic mass is 35.5. The summed E-state index contributed by atoms with van der Waals surface area (Å²) in [5, 5.41) is 0.549. The lowest BCUT2D eigenvalue weighted by molar-refractivity contribution is -0.123. The van der Waals surface area contributed by atoms with Crippen molar-refractivity contribution >= 4 is 40.2 Å². The van der Waals surface area contributed by atoms with Crippen molar-refractivity contribution in [3.63, 3.8) is 0 Å². The molecule has 1 aromatic heterocycles. The average Bonchev–Trinajstić information content (AvgIpc) is 3.18. The lowest BCUT2D eigenvalue weighted by Gasteiger charge is -2.15. The summed E-state index contributed by atoms with van der Waals surface area (Å²) in [5.41, 5.74) is 7.89. The molecule has 1 atom stereocenters. The molecule has 1 fully saturated rings. The number of anilines is 1. The Morgan fingerprint density at radius 2 is 2.08 bits per heavy atom. The number of hydrogen-bond donors (Lipinski definition) is 1. The van der Waals surface area contributed by atoms with Crippen LogP contribution in [0.4, 0.5) is 5.69 Å². The second kappa shape index (κ2) is 5.89. The third-order valence-electron chi connectivity index (χ3n) is 4.31. The molecule has 2 heterocycles. The van der Waals surface area contributed by atoms with Gasteiger partial charge in [0.1, 0.15) is 5.52 Å². The van der Waals surface area contributed by atoms with Crippen LogP contribution < -0.4 is 10.6 Å². The molecule has 2 N–H and O–H groups in total. The van der Waals surface area contributed by atoms with Gasteiger partial charge >= 0.3 is 0 Å². The van der Waals surface area contributed by atoms with Gasteiger partial charge in [-0.15, -0.1) is 0 Å². The number of carbonyl (C=O) groups excluding carboxylic acids is 2. The fourth-order valence-corrected chi connectivity index (χ4v) is 3.20. The molecule has 126 valence electrons. The summed E-state index contributed by atoms with van der Waals surface area (Å²) in [7, 11) is 0. The monoisotopic (exact) mass is 355 g/mol. The molecule has 2 amide bonds. The van der Waals surface area contributed by atoms with E-state index in [1.54, 1.807) is 29.2 Å². The molecule has 0 aliphatic carbocycles. The first-order valence-electron chi connectivity index (χ1n) is 7.78. The van der Waals surface area contributed by atoms with E-state index >= 15 is 0 Å². The third kappa shape index (κ3) is 2.74. The van der Waals surface area contributed by atoms with Crippen LogP contribution in [0, 0.1) is 5.92 Å². The maximum Gasteiger partial charge on any atom is 0.228 e. The topological polar surface area (TPSA) is 89.4 Å². The molecular formula is C18H14ClN3O3. The zero-order chi connectivity index (χ0) is 17.6. The summed E-state index contributed by atoms with van der Waals surface area (Å²) < 4.78 is 5.77. The van der Waals surface area contributed by atoms with Crippen molar-refractivity contribution in [3.05, 3.63) is 47.5 Å². The SMILES string of the molecule is NC(=O)[C@H]1CC(=O)N(c2ccc3oc(-c4ccccc4Cl)nc3c2)C1. The van der Waals surface area contributed by atoms with Gasteiger partial charge in [-0.2, -0.15) is 0 Å². The maximum atomic E-state index is 12.2. The van der Waals surface area contributed by atoms with E-state index in [2.05, 4.69) is 4.98 Å². The number of rotatable bonds is 3. The maximum absolute atomic E-state index is 12.2. The smallest absolute Gasteiger partial charge is 0.228 e. The summed E-state index contributed by atoms with van der Waals surface area (Å²) in [6, 6.07) is 12.6. The molecular weight excluding hydrogens is 342 g/mol. The van der Waals surface area contributed by atoms with E-state index in [4.69, 9.17) is 21.8 Å². The third-order valence-corrected chi connectivity index (χ3v) is 4.64. The molecule has 1 aliphatic rings. The highest BCUT2D eigenvalue weighted by molar-refractivity contribution is 6.33. The van der Waals surface area contributed by atoms with Gasteiger partial charge < -0.3 is 15.1 Å². The van der Waals surface area contributed by atoms with Crippen LogP contribution in [0.1, 0.15) is 6.42 Å². The van der Waals surface area contributed by atoms with Crippen molar-refractivity contribution in [2.75, 3.05) is 11.4 Å². The van der Waals surface area contributed by atoms with E-state index < -0.39 is 11.8 Å². The molecule has 6 nitrogen and oxygen atoms in total. The largest absolute Gasteiger partial charge is 0.436 e. The van der Waals surface area contributed by atoms with Crippen LogP contribution >= 0.6 is 11.6 Å². The van der Waals surface area contributed by atoms with E-state index in [1.807, 2.05) is 18.2 Å². The first-order valence-corrected chi connectivity index (χ1v) is 8.16. The summed E-state index contributed by atoms with van der Waals surface area (Å²) in [5.74, 6) is -0.628. The Morgan fingerprint density at radius 1 is 1.28 bits per heavy atom. The summed E-state index contributed by atoms with van der Waals surface area (Å²) >= 11 is 6.19. The van der Waals surface area contributed by atoms with Crippen LogP contribution in [0.2, 0.25) is 5.02 Å². The van der Waals surface area contributed by atoms with Crippen LogP contribution in [0.15, 0.2) is 46.9 Å². The lowest BCUT2D eigenvalue weighted by atomic mass is 10.1. The van der Waals surface area contributed by atoms with Gasteiger partial charge in [0, 0.05) is 18.7 Å². The van der Waals surface area contributed by atoms with Gasteiger partial charge in [0.15, 0.2) is 5.58 Å². The Kier molecular flexibility index (Phi) is 3.69. The predicted octanol–water partition coefficient (Wildman–Crippen LogP) is 2.99. The number of nitrogens with zero attached hydrogens (tertiary/aromatic N) is 2. The molecule has 25 heavy (non-hydrogen) atoms. The Bertz CT molecular complexity index is 998. The quantitative estimate of drug-likeness (QED) is 0.782. The number of hydrogen-bond acceptors (Lipinski definition) is 4. The molecule has 2 aromatic carbocycles. The molecule has 0 bridgehead atoms. The number of primary amides is 1. The molecule has 4 rings (SSSR count). The normalized spacial score (nSPS) is 17.4. The Morgan fingerprint density at radius 3 is 2.80 bits per heavy atom. The highest BCUT2D eigenvalue weighted by Crippen LogP contribution is 2.32. The molecule has 0 radical (unpaired) electrons. The Labute approximate surface area is 148 Å². The number of halogens is 1. The van der Waals surface area contributed by atoms with Crippen molar-refractivity contribution in [2.24, 2.45) is 11.7 Å². The molecule has 0 spiro atoms. The van der Waals surface area contributed by atoms with E-state index in [0.29, 0.717) is 33.3 Å². The number of amides is 2. The van der Waals surface area contributed by atoms with Crippen molar-refractivity contribution in [1.29, 1.82) is 0 Å². The molecule has 0 unspecified atom stereocenters. The van der Waals surface area contributed by atoms with E-state index in [1.165, 1.54) is 0 Å². The Balaban J connectivity index is 1.71. The van der Waals surface area contributed by atoms with E-state index in [0.717, 1.165) is 0 Å². The van der Waals surface area contributed by atoms with Gasteiger partial charge in [0.25, 0.3) is 0 Å². The minimum Gasteiger partial charge on any atom is -0.436 e.